The molecule has 0 bridgehead atoms. The fraction of sp³-hybridized carbons (Fsp3) is 0.500. The van der Waals surface area contributed by atoms with Gasteiger partial charge in [-0.1, -0.05) is 0 Å². The van der Waals surface area contributed by atoms with E-state index in [0.29, 0.717) is 6.42 Å². The van der Waals surface area contributed by atoms with Crippen LogP contribution < -0.4 is 5.73 Å². The summed E-state index contributed by atoms with van der Waals surface area (Å²) in [6.07, 6.45) is 3.81. The highest BCUT2D eigenvalue weighted by molar-refractivity contribution is 5.00. The van der Waals surface area contributed by atoms with Gasteiger partial charge < -0.3 is 15.8 Å². The van der Waals surface area contributed by atoms with Gasteiger partial charge in [0.2, 0.25) is 0 Å². The first-order valence-corrected chi connectivity index (χ1v) is 3.19. The van der Waals surface area contributed by atoms with Gasteiger partial charge in [0.05, 0.1) is 12.0 Å². The Kier molecular flexibility index (Phi) is 2.42. The third-order valence-corrected chi connectivity index (χ3v) is 1.36. The van der Waals surface area contributed by atoms with Crippen molar-refractivity contribution in [2.45, 2.75) is 12.5 Å². The normalized spacial score (nSPS) is 13.4. The molecule has 0 aliphatic carbocycles. The molecule has 0 saturated heterocycles. The van der Waals surface area contributed by atoms with Crippen LogP contribution in [0.2, 0.25) is 0 Å². The Hall–Kier alpha value is -0.870. The first-order valence-electron chi connectivity index (χ1n) is 3.19. The maximum atomic E-state index is 8.52. The number of aromatic nitrogens is 2. The number of aliphatic hydroxyl groups is 1. The molecule has 0 aliphatic rings. The van der Waals surface area contributed by atoms with Crippen LogP contribution in [0.25, 0.3) is 0 Å². The number of aromatic amines is 1. The highest BCUT2D eigenvalue weighted by Crippen LogP contribution is 2.07. The van der Waals surface area contributed by atoms with Gasteiger partial charge in [-0.25, -0.2) is 4.98 Å². The lowest BCUT2D eigenvalue weighted by atomic mass is 10.2. The molecular formula is C6H11N3O. The fourth-order valence-electron chi connectivity index (χ4n) is 0.764. The van der Waals surface area contributed by atoms with Crippen molar-refractivity contribution in [2.75, 3.05) is 6.61 Å². The Balaban J connectivity index is 2.50. The average molecular weight is 141 g/mol. The van der Waals surface area contributed by atoms with Crippen LogP contribution in [0.15, 0.2) is 12.5 Å². The van der Waals surface area contributed by atoms with E-state index < -0.39 is 0 Å². The lowest BCUT2D eigenvalue weighted by molar-refractivity contribution is 0.276. The van der Waals surface area contributed by atoms with Crippen molar-refractivity contribution in [1.29, 1.82) is 0 Å². The number of H-pyrrole nitrogens is 1. The molecule has 0 saturated carbocycles. The zero-order chi connectivity index (χ0) is 7.40. The molecule has 4 heteroatoms. The number of hydrogen-bond donors (Lipinski definition) is 3. The zero-order valence-corrected chi connectivity index (χ0v) is 5.62. The van der Waals surface area contributed by atoms with Crippen LogP contribution in [0.5, 0.6) is 0 Å². The molecule has 0 radical (unpaired) electrons. The Bertz CT molecular complexity index is 173. The van der Waals surface area contributed by atoms with E-state index in [1.807, 2.05) is 0 Å². The standard InChI is InChI=1S/C6H11N3O/c7-5(1-2-10)6-3-8-4-9-6/h3-5,10H,1-2,7H2,(H,8,9)/t5-/m0/s1. The second-order valence-electron chi connectivity index (χ2n) is 2.13. The van der Waals surface area contributed by atoms with Crippen molar-refractivity contribution < 1.29 is 5.11 Å². The summed E-state index contributed by atoms with van der Waals surface area (Å²) in [5, 5.41) is 8.52. The number of nitrogens with one attached hydrogen (secondary N) is 1. The van der Waals surface area contributed by atoms with Crippen molar-refractivity contribution in [2.24, 2.45) is 5.73 Å². The van der Waals surface area contributed by atoms with Gasteiger partial charge in [-0.05, 0) is 6.42 Å². The van der Waals surface area contributed by atoms with Gasteiger partial charge in [0.1, 0.15) is 0 Å². The van der Waals surface area contributed by atoms with Crippen LogP contribution >= 0.6 is 0 Å². The van der Waals surface area contributed by atoms with Crippen LogP contribution in [-0.2, 0) is 0 Å². The maximum Gasteiger partial charge on any atom is 0.0922 e. The van der Waals surface area contributed by atoms with E-state index in [9.17, 15) is 0 Å². The Morgan fingerprint density at radius 2 is 2.60 bits per heavy atom. The second kappa shape index (κ2) is 3.34. The quantitative estimate of drug-likeness (QED) is 0.545. The number of imidazole rings is 1. The summed E-state index contributed by atoms with van der Waals surface area (Å²) in [6, 6.07) is -0.118. The monoisotopic (exact) mass is 141 g/mol. The molecule has 4 nitrogen and oxygen atoms in total. The van der Waals surface area contributed by atoms with Crippen LogP contribution in [0.1, 0.15) is 18.2 Å². The minimum atomic E-state index is -0.118. The van der Waals surface area contributed by atoms with E-state index in [4.69, 9.17) is 10.8 Å². The van der Waals surface area contributed by atoms with E-state index in [1.165, 1.54) is 0 Å². The lowest BCUT2D eigenvalue weighted by Gasteiger charge is -2.04. The molecule has 1 heterocycles. The summed E-state index contributed by atoms with van der Waals surface area (Å²) in [6.45, 7) is 0.111. The molecular weight excluding hydrogens is 130 g/mol. The predicted octanol–water partition coefficient (Wildman–Crippen LogP) is -0.208. The van der Waals surface area contributed by atoms with Gasteiger partial charge in [-0.15, -0.1) is 0 Å². The minimum absolute atomic E-state index is 0.111. The van der Waals surface area contributed by atoms with Crippen LogP contribution in [0, 0.1) is 0 Å². The SMILES string of the molecule is N[C@@H](CCO)c1cnc[nH]1. The molecule has 4 N–H and O–H groups in total. The molecule has 0 spiro atoms. The summed E-state index contributed by atoms with van der Waals surface area (Å²) in [5.74, 6) is 0. The van der Waals surface area contributed by atoms with E-state index in [2.05, 4.69) is 9.97 Å². The summed E-state index contributed by atoms with van der Waals surface area (Å²) < 4.78 is 0. The van der Waals surface area contributed by atoms with Gasteiger partial charge in [-0.2, -0.15) is 0 Å². The van der Waals surface area contributed by atoms with E-state index in [-0.39, 0.29) is 12.6 Å². The number of rotatable bonds is 3. The Morgan fingerprint density at radius 3 is 3.10 bits per heavy atom. The molecule has 0 aromatic carbocycles. The molecule has 10 heavy (non-hydrogen) atoms. The first-order chi connectivity index (χ1) is 4.84. The molecule has 0 aliphatic heterocycles. The number of aliphatic hydroxyl groups excluding tert-OH is 1. The molecule has 1 rings (SSSR count). The van der Waals surface area contributed by atoms with E-state index >= 15 is 0 Å². The summed E-state index contributed by atoms with van der Waals surface area (Å²) in [4.78, 5) is 6.68. The third kappa shape index (κ3) is 1.55. The molecule has 1 aromatic heterocycles. The molecule has 0 unspecified atom stereocenters. The largest absolute Gasteiger partial charge is 0.396 e. The lowest BCUT2D eigenvalue weighted by Crippen LogP contribution is -2.11. The first kappa shape index (κ1) is 7.24. The van der Waals surface area contributed by atoms with Crippen LogP contribution in [0.3, 0.4) is 0 Å². The average Bonchev–Trinajstić information content (AvgIpc) is 2.38. The molecule has 1 atom stereocenters. The van der Waals surface area contributed by atoms with Crippen molar-refractivity contribution >= 4 is 0 Å². The molecule has 0 amide bonds. The topological polar surface area (TPSA) is 74.9 Å². The Labute approximate surface area is 59.1 Å². The van der Waals surface area contributed by atoms with Crippen molar-refractivity contribution in [3.8, 4) is 0 Å². The predicted molar refractivity (Wildman–Crippen MR) is 37.2 cm³/mol. The minimum Gasteiger partial charge on any atom is -0.396 e. The van der Waals surface area contributed by atoms with Crippen molar-refractivity contribution in [1.82, 2.24) is 9.97 Å². The number of nitrogens with two attached hydrogens (primary N) is 1. The number of nitrogens with zero attached hydrogens (tertiary/aromatic N) is 1. The maximum absolute atomic E-state index is 8.52. The van der Waals surface area contributed by atoms with Gasteiger partial charge in [0.25, 0.3) is 0 Å². The van der Waals surface area contributed by atoms with Crippen molar-refractivity contribution in [3.63, 3.8) is 0 Å². The van der Waals surface area contributed by atoms with Gasteiger partial charge >= 0.3 is 0 Å². The number of hydrogen-bond acceptors (Lipinski definition) is 3. The summed E-state index contributed by atoms with van der Waals surface area (Å²) >= 11 is 0. The third-order valence-electron chi connectivity index (χ3n) is 1.36. The molecule has 0 fully saturated rings. The molecule has 1 aromatic rings. The zero-order valence-electron chi connectivity index (χ0n) is 5.62. The highest BCUT2D eigenvalue weighted by atomic mass is 16.3. The summed E-state index contributed by atoms with van der Waals surface area (Å²) in [7, 11) is 0. The van der Waals surface area contributed by atoms with Gasteiger partial charge in [-0.3, -0.25) is 0 Å². The van der Waals surface area contributed by atoms with Crippen molar-refractivity contribution in [3.05, 3.63) is 18.2 Å². The van der Waals surface area contributed by atoms with E-state index in [0.717, 1.165) is 5.69 Å². The second-order valence-corrected chi connectivity index (χ2v) is 2.13. The fourth-order valence-corrected chi connectivity index (χ4v) is 0.764. The van der Waals surface area contributed by atoms with Crippen LogP contribution in [0.4, 0.5) is 0 Å². The van der Waals surface area contributed by atoms with Crippen LogP contribution in [-0.4, -0.2) is 21.7 Å². The van der Waals surface area contributed by atoms with E-state index in [1.54, 1.807) is 12.5 Å². The smallest absolute Gasteiger partial charge is 0.0922 e. The summed E-state index contributed by atoms with van der Waals surface area (Å²) in [5.41, 5.74) is 6.49. The van der Waals surface area contributed by atoms with Gasteiger partial charge in [0, 0.05) is 18.8 Å². The van der Waals surface area contributed by atoms with Gasteiger partial charge in [0.15, 0.2) is 0 Å². The highest BCUT2D eigenvalue weighted by Gasteiger charge is 2.04. The molecule has 56 valence electrons. The Morgan fingerprint density at radius 1 is 1.80 bits per heavy atom.